The predicted octanol–water partition coefficient (Wildman–Crippen LogP) is 2.30. The number of benzene rings is 1. The lowest BCUT2D eigenvalue weighted by atomic mass is 10.0. The third-order valence-corrected chi connectivity index (χ3v) is 5.12. The zero-order chi connectivity index (χ0) is 18.0. The van der Waals surface area contributed by atoms with E-state index in [1.54, 1.807) is 7.11 Å². The number of likely N-dealkylation sites (tertiary alicyclic amines) is 1. The summed E-state index contributed by atoms with van der Waals surface area (Å²) in [4.78, 5) is 26.4. The number of carbonyl (C=O) groups excluding carboxylic acids is 2. The van der Waals surface area contributed by atoms with Crippen LogP contribution < -0.4 is 10.1 Å². The number of nitrogens with one attached hydrogen (secondary N) is 1. The molecule has 5 heteroatoms. The molecular weight excluding hydrogens is 316 g/mol. The van der Waals surface area contributed by atoms with Crippen LogP contribution in [0.1, 0.15) is 43.4 Å². The van der Waals surface area contributed by atoms with E-state index in [0.717, 1.165) is 30.7 Å². The highest BCUT2D eigenvalue weighted by molar-refractivity contribution is 5.89. The average molecular weight is 344 g/mol. The quantitative estimate of drug-likeness (QED) is 0.861. The van der Waals surface area contributed by atoms with Crippen LogP contribution in [0.2, 0.25) is 0 Å². The average Bonchev–Trinajstić information content (AvgIpc) is 3.17. The Bertz CT molecular complexity index is 669. The highest BCUT2D eigenvalue weighted by Gasteiger charge is 2.34. The van der Waals surface area contributed by atoms with Gasteiger partial charge in [0.2, 0.25) is 11.8 Å². The first kappa shape index (κ1) is 17.8. The molecule has 0 radical (unpaired) electrons. The molecule has 25 heavy (non-hydrogen) atoms. The van der Waals surface area contributed by atoms with Crippen molar-refractivity contribution in [3.8, 4) is 5.75 Å². The van der Waals surface area contributed by atoms with E-state index in [9.17, 15) is 9.59 Å². The monoisotopic (exact) mass is 344 g/mol. The van der Waals surface area contributed by atoms with Crippen LogP contribution in [0.4, 0.5) is 0 Å². The predicted molar refractivity (Wildman–Crippen MR) is 96.4 cm³/mol. The molecule has 1 aromatic carbocycles. The van der Waals surface area contributed by atoms with Crippen LogP contribution in [-0.4, -0.2) is 36.9 Å². The SMILES string of the molecule is COc1cc2c(cc1CNC(=O)C1CC(=O)N(CC(C)C)C1)CCC2. The van der Waals surface area contributed by atoms with Crippen molar-refractivity contribution in [2.75, 3.05) is 20.2 Å². The third-order valence-electron chi connectivity index (χ3n) is 5.12. The van der Waals surface area contributed by atoms with Crippen LogP contribution in [0.25, 0.3) is 0 Å². The van der Waals surface area contributed by atoms with E-state index in [1.165, 1.54) is 17.5 Å². The Balaban J connectivity index is 1.60. The maximum absolute atomic E-state index is 12.5. The summed E-state index contributed by atoms with van der Waals surface area (Å²) in [6, 6.07) is 4.26. The number of methoxy groups -OCH3 is 1. The van der Waals surface area contributed by atoms with E-state index in [4.69, 9.17) is 4.74 Å². The molecule has 0 bridgehead atoms. The molecular formula is C20H28N2O3. The van der Waals surface area contributed by atoms with E-state index in [1.807, 2.05) is 4.90 Å². The Labute approximate surface area is 149 Å². The summed E-state index contributed by atoms with van der Waals surface area (Å²) in [6.45, 7) is 5.87. The van der Waals surface area contributed by atoms with E-state index in [0.29, 0.717) is 25.4 Å². The van der Waals surface area contributed by atoms with Gasteiger partial charge < -0.3 is 15.0 Å². The van der Waals surface area contributed by atoms with Gasteiger partial charge in [0.25, 0.3) is 0 Å². The van der Waals surface area contributed by atoms with Crippen molar-refractivity contribution in [1.29, 1.82) is 0 Å². The van der Waals surface area contributed by atoms with Crippen molar-refractivity contribution < 1.29 is 14.3 Å². The Morgan fingerprint density at radius 2 is 2.04 bits per heavy atom. The normalized spacial score (nSPS) is 19.4. The lowest BCUT2D eigenvalue weighted by Crippen LogP contribution is -2.33. The molecule has 2 amide bonds. The topological polar surface area (TPSA) is 58.6 Å². The fourth-order valence-corrected chi connectivity index (χ4v) is 3.87. The second-order valence-electron chi connectivity index (χ2n) is 7.60. The molecule has 1 aromatic rings. The summed E-state index contributed by atoms with van der Waals surface area (Å²) in [5.41, 5.74) is 3.74. The number of nitrogens with zero attached hydrogens (tertiary/aromatic N) is 1. The summed E-state index contributed by atoms with van der Waals surface area (Å²) in [5.74, 6) is 1.06. The molecule has 0 saturated carbocycles. The molecule has 1 N–H and O–H groups in total. The summed E-state index contributed by atoms with van der Waals surface area (Å²) in [5, 5.41) is 3.00. The molecule has 1 aliphatic heterocycles. The summed E-state index contributed by atoms with van der Waals surface area (Å²) >= 11 is 0. The molecule has 1 fully saturated rings. The Morgan fingerprint density at radius 1 is 1.32 bits per heavy atom. The van der Waals surface area contributed by atoms with Gasteiger partial charge >= 0.3 is 0 Å². The number of hydrogen-bond acceptors (Lipinski definition) is 3. The van der Waals surface area contributed by atoms with Crippen LogP contribution in [0, 0.1) is 11.8 Å². The van der Waals surface area contributed by atoms with Gasteiger partial charge in [0, 0.05) is 31.6 Å². The smallest absolute Gasteiger partial charge is 0.225 e. The van der Waals surface area contributed by atoms with Crippen molar-refractivity contribution in [2.24, 2.45) is 11.8 Å². The number of carbonyl (C=O) groups is 2. The van der Waals surface area contributed by atoms with Crippen molar-refractivity contribution >= 4 is 11.8 Å². The van der Waals surface area contributed by atoms with Crippen molar-refractivity contribution in [1.82, 2.24) is 10.2 Å². The maximum Gasteiger partial charge on any atom is 0.225 e. The van der Waals surface area contributed by atoms with E-state index in [-0.39, 0.29) is 17.7 Å². The van der Waals surface area contributed by atoms with Crippen molar-refractivity contribution in [3.63, 3.8) is 0 Å². The van der Waals surface area contributed by atoms with Crippen molar-refractivity contribution in [3.05, 3.63) is 28.8 Å². The second kappa shape index (κ2) is 7.46. The lowest BCUT2D eigenvalue weighted by Gasteiger charge is -2.19. The Kier molecular flexibility index (Phi) is 5.30. The molecule has 0 aromatic heterocycles. The number of rotatable bonds is 6. The molecule has 2 aliphatic rings. The van der Waals surface area contributed by atoms with Gasteiger partial charge in [-0.15, -0.1) is 0 Å². The standard InChI is InChI=1S/C20H28N2O3/c1-13(2)11-22-12-17(9-19(22)23)20(24)21-10-16-7-14-5-4-6-15(14)8-18(16)25-3/h7-8,13,17H,4-6,9-12H2,1-3H3,(H,21,24). The molecule has 136 valence electrons. The molecule has 5 nitrogen and oxygen atoms in total. The number of amides is 2. The zero-order valence-electron chi connectivity index (χ0n) is 15.4. The summed E-state index contributed by atoms with van der Waals surface area (Å²) in [6.07, 6.45) is 3.71. The first-order valence-corrected chi connectivity index (χ1v) is 9.22. The molecule has 1 aliphatic carbocycles. The van der Waals surface area contributed by atoms with Gasteiger partial charge in [0.15, 0.2) is 0 Å². The van der Waals surface area contributed by atoms with Gasteiger partial charge in [-0.05, 0) is 42.4 Å². The maximum atomic E-state index is 12.5. The number of fused-ring (bicyclic) bond motifs is 1. The molecule has 1 atom stereocenters. The van der Waals surface area contributed by atoms with Crippen LogP contribution in [-0.2, 0) is 29.0 Å². The molecule has 1 unspecified atom stereocenters. The fourth-order valence-electron chi connectivity index (χ4n) is 3.87. The zero-order valence-corrected chi connectivity index (χ0v) is 15.4. The second-order valence-corrected chi connectivity index (χ2v) is 7.60. The largest absolute Gasteiger partial charge is 0.496 e. The van der Waals surface area contributed by atoms with Crippen molar-refractivity contribution in [2.45, 2.75) is 46.1 Å². The van der Waals surface area contributed by atoms with E-state index in [2.05, 4.69) is 31.3 Å². The van der Waals surface area contributed by atoms with E-state index >= 15 is 0 Å². The first-order chi connectivity index (χ1) is 12.0. The van der Waals surface area contributed by atoms with Gasteiger partial charge in [-0.1, -0.05) is 19.9 Å². The number of aryl methyl sites for hydroxylation is 2. The molecule has 1 saturated heterocycles. The van der Waals surface area contributed by atoms with Gasteiger partial charge in [-0.2, -0.15) is 0 Å². The van der Waals surface area contributed by atoms with Crippen LogP contribution in [0.15, 0.2) is 12.1 Å². The van der Waals surface area contributed by atoms with Gasteiger partial charge in [0.05, 0.1) is 13.0 Å². The third kappa shape index (κ3) is 3.97. The highest BCUT2D eigenvalue weighted by atomic mass is 16.5. The Morgan fingerprint density at radius 3 is 2.72 bits per heavy atom. The van der Waals surface area contributed by atoms with E-state index < -0.39 is 0 Å². The van der Waals surface area contributed by atoms with Gasteiger partial charge in [-0.3, -0.25) is 9.59 Å². The van der Waals surface area contributed by atoms with Gasteiger partial charge in [-0.25, -0.2) is 0 Å². The lowest BCUT2D eigenvalue weighted by molar-refractivity contribution is -0.129. The van der Waals surface area contributed by atoms with Crippen LogP contribution >= 0.6 is 0 Å². The summed E-state index contributed by atoms with van der Waals surface area (Å²) in [7, 11) is 1.67. The molecule has 1 heterocycles. The minimum atomic E-state index is -0.244. The minimum Gasteiger partial charge on any atom is -0.496 e. The highest BCUT2D eigenvalue weighted by Crippen LogP contribution is 2.30. The fraction of sp³-hybridized carbons (Fsp3) is 0.600. The van der Waals surface area contributed by atoms with Gasteiger partial charge in [0.1, 0.15) is 5.75 Å². The Hall–Kier alpha value is -2.04. The molecule has 3 rings (SSSR count). The first-order valence-electron chi connectivity index (χ1n) is 9.22. The molecule has 0 spiro atoms. The summed E-state index contributed by atoms with van der Waals surface area (Å²) < 4.78 is 5.49. The minimum absolute atomic E-state index is 0.0397. The number of ether oxygens (including phenoxy) is 1. The van der Waals surface area contributed by atoms with Crippen LogP contribution in [0.3, 0.4) is 0 Å². The number of hydrogen-bond donors (Lipinski definition) is 1. The van der Waals surface area contributed by atoms with Crippen LogP contribution in [0.5, 0.6) is 5.75 Å².